The van der Waals surface area contributed by atoms with Crippen molar-refractivity contribution in [3.8, 4) is 0 Å². The lowest BCUT2D eigenvalue weighted by molar-refractivity contribution is 0.420. The van der Waals surface area contributed by atoms with Crippen LogP contribution in [0.5, 0.6) is 0 Å². The highest BCUT2D eigenvalue weighted by atomic mass is 16.3. The Kier molecular flexibility index (Phi) is 1.68. The van der Waals surface area contributed by atoms with Gasteiger partial charge in [0.15, 0.2) is 5.89 Å². The zero-order valence-corrected chi connectivity index (χ0v) is 7.34. The second-order valence-electron chi connectivity index (χ2n) is 3.61. The summed E-state index contributed by atoms with van der Waals surface area (Å²) in [5, 5.41) is 0. The van der Waals surface area contributed by atoms with Gasteiger partial charge < -0.3 is 10.2 Å². The van der Waals surface area contributed by atoms with Crippen LogP contribution in [0.2, 0.25) is 0 Å². The van der Waals surface area contributed by atoms with E-state index in [2.05, 4.69) is 4.98 Å². The average Bonchev–Trinajstić information content (AvgIpc) is 2.69. The van der Waals surface area contributed by atoms with Crippen molar-refractivity contribution in [1.29, 1.82) is 0 Å². The van der Waals surface area contributed by atoms with Gasteiger partial charge in [0.2, 0.25) is 0 Å². The molecule has 0 bridgehead atoms. The van der Waals surface area contributed by atoms with E-state index < -0.39 is 0 Å². The van der Waals surface area contributed by atoms with Crippen LogP contribution < -0.4 is 5.73 Å². The van der Waals surface area contributed by atoms with Crippen LogP contribution in [-0.2, 0) is 5.41 Å². The lowest BCUT2D eigenvalue weighted by atomic mass is 10.0. The van der Waals surface area contributed by atoms with E-state index in [0.717, 1.165) is 24.6 Å². The number of aromatic nitrogens is 1. The van der Waals surface area contributed by atoms with Gasteiger partial charge in [0, 0.05) is 5.41 Å². The van der Waals surface area contributed by atoms with Crippen molar-refractivity contribution in [3.63, 3.8) is 0 Å². The van der Waals surface area contributed by atoms with Crippen LogP contribution in [-0.4, -0.2) is 11.5 Å². The van der Waals surface area contributed by atoms with Crippen LogP contribution in [0.25, 0.3) is 0 Å². The molecule has 0 radical (unpaired) electrons. The fourth-order valence-electron chi connectivity index (χ4n) is 1.60. The largest absolute Gasteiger partial charge is 0.448 e. The molecule has 2 rings (SSSR count). The molecule has 3 heteroatoms. The van der Waals surface area contributed by atoms with E-state index in [4.69, 9.17) is 10.2 Å². The molecule has 1 saturated carbocycles. The van der Waals surface area contributed by atoms with E-state index in [1.54, 1.807) is 6.26 Å². The summed E-state index contributed by atoms with van der Waals surface area (Å²) < 4.78 is 5.38. The summed E-state index contributed by atoms with van der Waals surface area (Å²) in [5.74, 6) is 0.894. The summed E-state index contributed by atoms with van der Waals surface area (Å²) in [6.07, 6.45) is 5.09. The van der Waals surface area contributed by atoms with Crippen LogP contribution in [0.15, 0.2) is 10.7 Å². The molecule has 0 aromatic carbocycles. The average molecular weight is 166 g/mol. The summed E-state index contributed by atoms with van der Waals surface area (Å²) in [6, 6.07) is 0. The first kappa shape index (κ1) is 7.80. The maximum Gasteiger partial charge on any atom is 0.200 e. The third-order valence-corrected chi connectivity index (χ3v) is 2.55. The Labute approximate surface area is 72.0 Å². The quantitative estimate of drug-likeness (QED) is 0.737. The summed E-state index contributed by atoms with van der Waals surface area (Å²) >= 11 is 0. The fourth-order valence-corrected chi connectivity index (χ4v) is 1.60. The van der Waals surface area contributed by atoms with E-state index in [0.29, 0.717) is 0 Å². The van der Waals surface area contributed by atoms with Crippen LogP contribution in [0.1, 0.15) is 30.8 Å². The summed E-state index contributed by atoms with van der Waals surface area (Å²) in [6.45, 7) is 2.67. The van der Waals surface area contributed by atoms with Gasteiger partial charge in [0.1, 0.15) is 6.26 Å². The molecule has 1 fully saturated rings. The van der Waals surface area contributed by atoms with E-state index >= 15 is 0 Å². The molecular weight excluding hydrogens is 152 g/mol. The third kappa shape index (κ3) is 1.14. The Balaban J connectivity index is 2.18. The normalized spacial score (nSPS) is 19.5. The summed E-state index contributed by atoms with van der Waals surface area (Å²) in [7, 11) is 0. The maximum atomic E-state index is 5.53. The highest BCUT2D eigenvalue weighted by Gasteiger charge is 2.47. The number of aryl methyl sites for hydroxylation is 1. The van der Waals surface area contributed by atoms with Gasteiger partial charge in [0.25, 0.3) is 0 Å². The molecule has 0 saturated heterocycles. The molecule has 2 N–H and O–H groups in total. The molecule has 0 aliphatic heterocycles. The Hall–Kier alpha value is -0.830. The Bertz CT molecular complexity index is 276. The molecule has 1 heterocycles. The molecule has 1 aliphatic rings. The monoisotopic (exact) mass is 166 g/mol. The molecule has 0 spiro atoms. The molecule has 66 valence electrons. The first-order chi connectivity index (χ1) is 5.77. The minimum absolute atomic E-state index is 0.211. The highest BCUT2D eigenvalue weighted by molar-refractivity contribution is 5.16. The third-order valence-electron chi connectivity index (χ3n) is 2.55. The van der Waals surface area contributed by atoms with Gasteiger partial charge in [0.05, 0.1) is 5.69 Å². The molecule has 0 unspecified atom stereocenters. The number of hydrogen-bond donors (Lipinski definition) is 1. The molecule has 1 aliphatic carbocycles. The Morgan fingerprint density at radius 3 is 2.83 bits per heavy atom. The fraction of sp³-hybridized carbons (Fsp3) is 0.667. The van der Waals surface area contributed by atoms with Gasteiger partial charge in [-0.1, -0.05) is 0 Å². The maximum absolute atomic E-state index is 5.53. The second-order valence-corrected chi connectivity index (χ2v) is 3.61. The van der Waals surface area contributed by atoms with Gasteiger partial charge in [-0.25, -0.2) is 4.98 Å². The van der Waals surface area contributed by atoms with Crippen LogP contribution in [0.3, 0.4) is 0 Å². The van der Waals surface area contributed by atoms with E-state index in [-0.39, 0.29) is 5.41 Å². The highest BCUT2D eigenvalue weighted by Crippen LogP contribution is 2.50. The number of nitrogens with two attached hydrogens (primary N) is 1. The van der Waals surface area contributed by atoms with Gasteiger partial charge in [-0.2, -0.15) is 0 Å². The van der Waals surface area contributed by atoms with E-state index in [9.17, 15) is 0 Å². The molecule has 0 amide bonds. The van der Waals surface area contributed by atoms with Gasteiger partial charge in [-0.3, -0.25) is 0 Å². The zero-order valence-electron chi connectivity index (χ0n) is 7.34. The van der Waals surface area contributed by atoms with Crippen molar-refractivity contribution in [2.75, 3.05) is 6.54 Å². The lowest BCUT2D eigenvalue weighted by Gasteiger charge is -2.07. The minimum atomic E-state index is 0.211. The van der Waals surface area contributed by atoms with Crippen molar-refractivity contribution in [3.05, 3.63) is 17.8 Å². The van der Waals surface area contributed by atoms with Crippen LogP contribution >= 0.6 is 0 Å². The van der Waals surface area contributed by atoms with Crippen molar-refractivity contribution in [2.45, 2.75) is 31.6 Å². The smallest absolute Gasteiger partial charge is 0.200 e. The minimum Gasteiger partial charge on any atom is -0.448 e. The molecule has 12 heavy (non-hydrogen) atoms. The number of rotatable bonds is 3. The van der Waals surface area contributed by atoms with Crippen LogP contribution in [0, 0.1) is 6.92 Å². The van der Waals surface area contributed by atoms with Crippen molar-refractivity contribution in [1.82, 2.24) is 4.98 Å². The van der Waals surface area contributed by atoms with Crippen molar-refractivity contribution >= 4 is 0 Å². The SMILES string of the molecule is Cc1coc(C2(CCN)CC2)n1. The Morgan fingerprint density at radius 2 is 2.42 bits per heavy atom. The van der Waals surface area contributed by atoms with Crippen molar-refractivity contribution < 1.29 is 4.42 Å². The molecule has 3 nitrogen and oxygen atoms in total. The standard InChI is InChI=1S/C9H14N2O/c1-7-6-12-8(11-7)9(2-3-9)4-5-10/h6H,2-5,10H2,1H3. The number of hydrogen-bond acceptors (Lipinski definition) is 3. The molecule has 1 aromatic heterocycles. The molecule has 1 aromatic rings. The predicted molar refractivity (Wildman–Crippen MR) is 45.8 cm³/mol. The Morgan fingerprint density at radius 1 is 1.67 bits per heavy atom. The van der Waals surface area contributed by atoms with E-state index in [1.807, 2.05) is 6.92 Å². The number of nitrogens with zero attached hydrogens (tertiary/aromatic N) is 1. The molecular formula is C9H14N2O. The second kappa shape index (κ2) is 2.59. The van der Waals surface area contributed by atoms with Gasteiger partial charge in [-0.05, 0) is 32.7 Å². The summed E-state index contributed by atoms with van der Waals surface area (Å²) in [4.78, 5) is 4.34. The predicted octanol–water partition coefficient (Wildman–Crippen LogP) is 1.36. The van der Waals surface area contributed by atoms with Crippen LogP contribution in [0.4, 0.5) is 0 Å². The first-order valence-electron chi connectivity index (χ1n) is 4.39. The van der Waals surface area contributed by atoms with Crippen molar-refractivity contribution in [2.24, 2.45) is 5.73 Å². The molecule has 0 atom stereocenters. The van der Waals surface area contributed by atoms with Gasteiger partial charge >= 0.3 is 0 Å². The number of oxazole rings is 1. The van der Waals surface area contributed by atoms with Gasteiger partial charge in [-0.15, -0.1) is 0 Å². The lowest BCUT2D eigenvalue weighted by Crippen LogP contribution is -2.13. The topological polar surface area (TPSA) is 52.0 Å². The summed E-state index contributed by atoms with van der Waals surface area (Å²) in [5.41, 5.74) is 6.71. The zero-order chi connectivity index (χ0) is 8.60. The first-order valence-corrected chi connectivity index (χ1v) is 4.39. The van der Waals surface area contributed by atoms with E-state index in [1.165, 1.54) is 12.8 Å².